The van der Waals surface area contributed by atoms with Gasteiger partial charge in [0.25, 0.3) is 5.91 Å². The van der Waals surface area contributed by atoms with Gasteiger partial charge in [-0.1, -0.05) is 29.8 Å². The molecule has 0 spiro atoms. The zero-order chi connectivity index (χ0) is 19.7. The molecule has 6 heteroatoms. The fourth-order valence-electron chi connectivity index (χ4n) is 3.59. The maximum atomic E-state index is 13.1. The van der Waals surface area contributed by atoms with E-state index in [-0.39, 0.29) is 5.91 Å². The number of anilines is 1. The first-order chi connectivity index (χ1) is 13.5. The lowest BCUT2D eigenvalue weighted by Crippen LogP contribution is -2.49. The Bertz CT molecular complexity index is 991. The summed E-state index contributed by atoms with van der Waals surface area (Å²) in [7, 11) is 0. The van der Waals surface area contributed by atoms with Crippen LogP contribution < -0.4 is 4.90 Å². The number of hydrogen-bond donors (Lipinski definition) is 0. The van der Waals surface area contributed by atoms with E-state index in [1.165, 1.54) is 22.5 Å². The molecule has 0 unspecified atom stereocenters. The zero-order valence-electron chi connectivity index (χ0n) is 16.5. The first-order valence-corrected chi connectivity index (χ1v) is 10.3. The van der Waals surface area contributed by atoms with Crippen LogP contribution in [0.15, 0.2) is 42.6 Å². The summed E-state index contributed by atoms with van der Waals surface area (Å²) in [4.78, 5) is 27.1. The van der Waals surface area contributed by atoms with Gasteiger partial charge in [-0.25, -0.2) is 9.97 Å². The van der Waals surface area contributed by atoms with Gasteiger partial charge in [0.15, 0.2) is 0 Å². The minimum atomic E-state index is 0.0895. The number of piperazine rings is 1. The lowest BCUT2D eigenvalue weighted by molar-refractivity contribution is 0.0750. The average molecular weight is 393 g/mol. The van der Waals surface area contributed by atoms with Gasteiger partial charge in [-0.3, -0.25) is 4.79 Å². The van der Waals surface area contributed by atoms with E-state index in [2.05, 4.69) is 41.9 Å². The highest BCUT2D eigenvalue weighted by Gasteiger charge is 2.26. The highest BCUT2D eigenvalue weighted by atomic mass is 32.1. The molecule has 1 amide bonds. The summed E-state index contributed by atoms with van der Waals surface area (Å²) in [6.45, 7) is 9.11. The molecule has 0 aliphatic carbocycles. The molecule has 5 nitrogen and oxygen atoms in total. The van der Waals surface area contributed by atoms with Crippen molar-refractivity contribution in [2.45, 2.75) is 20.8 Å². The SMILES string of the molecule is Cc1ccc(-c2nc(C)c(C(=O)N3CCN(c4ccccn4)CC3)s2)c(C)c1. The molecule has 0 N–H and O–H groups in total. The summed E-state index contributed by atoms with van der Waals surface area (Å²) < 4.78 is 0. The lowest BCUT2D eigenvalue weighted by atomic mass is 10.1. The van der Waals surface area contributed by atoms with Gasteiger partial charge >= 0.3 is 0 Å². The first-order valence-electron chi connectivity index (χ1n) is 9.53. The molecule has 0 bridgehead atoms. The van der Waals surface area contributed by atoms with Crippen molar-refractivity contribution >= 4 is 23.1 Å². The van der Waals surface area contributed by atoms with Crippen LogP contribution >= 0.6 is 11.3 Å². The number of aryl methyl sites for hydroxylation is 3. The van der Waals surface area contributed by atoms with E-state index in [9.17, 15) is 4.79 Å². The maximum Gasteiger partial charge on any atom is 0.265 e. The van der Waals surface area contributed by atoms with Crippen LogP contribution in [0.2, 0.25) is 0 Å². The molecule has 0 saturated carbocycles. The van der Waals surface area contributed by atoms with Crippen molar-refractivity contribution in [3.8, 4) is 10.6 Å². The van der Waals surface area contributed by atoms with Gasteiger partial charge in [0, 0.05) is 37.9 Å². The second-order valence-corrected chi connectivity index (χ2v) is 8.22. The number of aromatic nitrogens is 2. The van der Waals surface area contributed by atoms with Crippen LogP contribution in [0.25, 0.3) is 10.6 Å². The molecule has 1 saturated heterocycles. The van der Waals surface area contributed by atoms with Crippen LogP contribution in [-0.2, 0) is 0 Å². The molecule has 2 aromatic heterocycles. The largest absolute Gasteiger partial charge is 0.353 e. The molecule has 0 radical (unpaired) electrons. The lowest BCUT2D eigenvalue weighted by Gasteiger charge is -2.35. The smallest absolute Gasteiger partial charge is 0.265 e. The quantitative estimate of drug-likeness (QED) is 0.674. The van der Waals surface area contributed by atoms with E-state index in [0.29, 0.717) is 13.1 Å². The predicted molar refractivity (Wildman–Crippen MR) is 114 cm³/mol. The summed E-state index contributed by atoms with van der Waals surface area (Å²) in [5.74, 6) is 1.06. The molecule has 0 atom stereocenters. The monoisotopic (exact) mass is 392 g/mol. The van der Waals surface area contributed by atoms with Gasteiger partial charge in [-0.05, 0) is 38.5 Å². The van der Waals surface area contributed by atoms with Crippen LogP contribution in [0.1, 0.15) is 26.5 Å². The number of thiazole rings is 1. The normalized spacial score (nSPS) is 14.4. The molecule has 28 heavy (non-hydrogen) atoms. The molecular weight excluding hydrogens is 368 g/mol. The Morgan fingerprint density at radius 3 is 2.50 bits per heavy atom. The highest BCUT2D eigenvalue weighted by molar-refractivity contribution is 7.17. The standard InChI is InChI=1S/C22H24N4OS/c1-15-7-8-18(16(2)14-15)21-24-17(3)20(28-21)22(27)26-12-10-25(11-13-26)19-6-4-5-9-23-19/h4-9,14H,10-13H2,1-3H3. The Labute approximate surface area is 169 Å². The van der Waals surface area contributed by atoms with Gasteiger partial charge in [0.2, 0.25) is 0 Å². The van der Waals surface area contributed by atoms with Gasteiger partial charge in [0.1, 0.15) is 15.7 Å². The molecule has 3 heterocycles. The average Bonchev–Trinajstić information content (AvgIpc) is 3.09. The molecule has 1 fully saturated rings. The van der Waals surface area contributed by atoms with Crippen molar-refractivity contribution < 1.29 is 4.79 Å². The number of amides is 1. The number of rotatable bonds is 3. The van der Waals surface area contributed by atoms with Crippen LogP contribution in [0.3, 0.4) is 0 Å². The second-order valence-electron chi connectivity index (χ2n) is 7.22. The Morgan fingerprint density at radius 2 is 1.82 bits per heavy atom. The number of carbonyl (C=O) groups is 1. The molecule has 144 valence electrons. The predicted octanol–water partition coefficient (Wildman–Crippen LogP) is 4.09. The van der Waals surface area contributed by atoms with Crippen molar-refractivity contribution in [1.29, 1.82) is 0 Å². The van der Waals surface area contributed by atoms with Crippen molar-refractivity contribution in [2.24, 2.45) is 0 Å². The number of pyridine rings is 1. The molecule has 1 aromatic carbocycles. The van der Waals surface area contributed by atoms with Gasteiger partial charge in [-0.2, -0.15) is 0 Å². The Balaban J connectivity index is 1.49. The van der Waals surface area contributed by atoms with Crippen molar-refractivity contribution in [3.05, 3.63) is 64.3 Å². The van der Waals surface area contributed by atoms with Crippen LogP contribution in [0.4, 0.5) is 5.82 Å². The Kier molecular flexibility index (Phi) is 5.13. The summed E-state index contributed by atoms with van der Waals surface area (Å²) >= 11 is 1.50. The molecule has 3 aromatic rings. The summed E-state index contributed by atoms with van der Waals surface area (Å²) in [5.41, 5.74) is 4.35. The van der Waals surface area contributed by atoms with Crippen molar-refractivity contribution in [2.75, 3.05) is 31.1 Å². The number of carbonyl (C=O) groups excluding carboxylic acids is 1. The fourth-order valence-corrected chi connectivity index (χ4v) is 4.71. The first kappa shape index (κ1) is 18.6. The third-order valence-corrected chi connectivity index (χ3v) is 6.32. The van der Waals surface area contributed by atoms with E-state index in [1.807, 2.05) is 36.2 Å². The second kappa shape index (κ2) is 7.72. The van der Waals surface area contributed by atoms with Crippen LogP contribution in [-0.4, -0.2) is 47.0 Å². The Hall–Kier alpha value is -2.73. The number of nitrogens with zero attached hydrogens (tertiary/aromatic N) is 4. The van der Waals surface area contributed by atoms with Gasteiger partial charge in [-0.15, -0.1) is 11.3 Å². The zero-order valence-corrected chi connectivity index (χ0v) is 17.3. The van der Waals surface area contributed by atoms with E-state index in [1.54, 1.807) is 0 Å². The number of hydrogen-bond acceptors (Lipinski definition) is 5. The van der Waals surface area contributed by atoms with E-state index in [0.717, 1.165) is 40.0 Å². The molecule has 1 aliphatic heterocycles. The summed E-state index contributed by atoms with van der Waals surface area (Å²) in [5, 5.41) is 0.922. The third kappa shape index (κ3) is 3.64. The fraction of sp³-hybridized carbons (Fsp3) is 0.318. The minimum absolute atomic E-state index is 0.0895. The summed E-state index contributed by atoms with van der Waals surface area (Å²) in [6, 6.07) is 12.3. The van der Waals surface area contributed by atoms with Gasteiger partial charge in [0.05, 0.1) is 5.69 Å². The van der Waals surface area contributed by atoms with Gasteiger partial charge < -0.3 is 9.80 Å². The third-order valence-electron chi connectivity index (χ3n) is 5.14. The highest BCUT2D eigenvalue weighted by Crippen LogP contribution is 2.31. The molecule has 1 aliphatic rings. The van der Waals surface area contributed by atoms with E-state index in [4.69, 9.17) is 4.98 Å². The molecule has 4 rings (SSSR count). The minimum Gasteiger partial charge on any atom is -0.353 e. The van der Waals surface area contributed by atoms with Crippen LogP contribution in [0.5, 0.6) is 0 Å². The Morgan fingerprint density at radius 1 is 1.04 bits per heavy atom. The summed E-state index contributed by atoms with van der Waals surface area (Å²) in [6.07, 6.45) is 1.81. The van der Waals surface area contributed by atoms with Crippen molar-refractivity contribution in [1.82, 2.24) is 14.9 Å². The van der Waals surface area contributed by atoms with Crippen molar-refractivity contribution in [3.63, 3.8) is 0 Å². The van der Waals surface area contributed by atoms with E-state index >= 15 is 0 Å². The van der Waals surface area contributed by atoms with Crippen LogP contribution in [0, 0.1) is 20.8 Å². The topological polar surface area (TPSA) is 49.3 Å². The molecular formula is C22H24N4OS. The van der Waals surface area contributed by atoms with E-state index < -0.39 is 0 Å². The maximum absolute atomic E-state index is 13.1. The number of benzene rings is 1.